The van der Waals surface area contributed by atoms with Crippen molar-refractivity contribution in [3.05, 3.63) is 108 Å². The summed E-state index contributed by atoms with van der Waals surface area (Å²) in [4.78, 5) is 229. The zero-order valence-electron chi connectivity index (χ0n) is 57.8. The number of aliphatic hydroxyl groups excluding tert-OH is 1. The fourth-order valence-electron chi connectivity index (χ4n) is 11.4. The van der Waals surface area contributed by atoms with Gasteiger partial charge in [0.2, 0.25) is 70.9 Å². The first-order chi connectivity index (χ1) is 50.0. The van der Waals surface area contributed by atoms with Gasteiger partial charge in [-0.05, 0) is 74.9 Å². The minimum atomic E-state index is -2.14. The van der Waals surface area contributed by atoms with E-state index in [1.165, 1.54) is 24.5 Å². The highest BCUT2D eigenvalue weighted by atomic mass is 16.5. The number of carboxylic acids is 3. The maximum Gasteiger partial charge on any atom is 0.329 e. The zero-order chi connectivity index (χ0) is 77.0. The molecule has 3 heterocycles. The number of aliphatic hydroxyl groups is 1. The van der Waals surface area contributed by atoms with Crippen molar-refractivity contribution in [1.82, 2.24) is 68.5 Å². The predicted octanol–water partition coefficient (Wildman–Crippen LogP) is -3.02. The Balaban J connectivity index is 1.52. The number of unbranched alkanes of at least 4 members (excludes halogenated alkanes) is 2. The first-order valence-corrected chi connectivity index (χ1v) is 33.9. The van der Waals surface area contributed by atoms with Crippen molar-refractivity contribution in [2.75, 3.05) is 13.2 Å². The summed E-state index contributed by atoms with van der Waals surface area (Å²) >= 11 is 0. The van der Waals surface area contributed by atoms with Crippen LogP contribution in [-0.4, -0.2) is 211 Å². The topological polar surface area (TPSA) is 579 Å². The number of cyclic esters (lactones) is 1. The Morgan fingerprint density at radius 2 is 0.943 bits per heavy atom. The smallest absolute Gasteiger partial charge is 0.329 e. The van der Waals surface area contributed by atoms with Crippen LogP contribution in [0.15, 0.2) is 91.3 Å². The first-order valence-electron chi connectivity index (χ1n) is 33.9. The average molecular weight is 1460 g/mol. The van der Waals surface area contributed by atoms with Crippen LogP contribution in [0.25, 0.3) is 21.8 Å². The molecule has 1 aliphatic heterocycles. The number of benzene rings is 3. The second-order valence-electron chi connectivity index (χ2n) is 25.2. The molecule has 12 atom stereocenters. The van der Waals surface area contributed by atoms with Crippen LogP contribution < -0.4 is 70.0 Å². The van der Waals surface area contributed by atoms with Gasteiger partial charge in [0.25, 0.3) is 0 Å². The number of ether oxygens (including phenoxy) is 1. The Labute approximate surface area is 600 Å². The molecule has 0 spiro atoms. The Hall–Kier alpha value is -11.8. The van der Waals surface area contributed by atoms with Gasteiger partial charge in [0, 0.05) is 66.3 Å². The molecule has 5 aromatic rings. The highest BCUT2D eigenvalue weighted by Gasteiger charge is 2.41. The second-order valence-corrected chi connectivity index (χ2v) is 25.2. The molecule has 0 saturated carbocycles. The quantitative estimate of drug-likeness (QED) is 0.0193. The number of aromatic nitrogens is 2. The number of hydrogen-bond acceptors (Lipinski definition) is 19. The van der Waals surface area contributed by atoms with Crippen molar-refractivity contribution >= 4 is 117 Å². The third-order valence-corrected chi connectivity index (χ3v) is 17.0. The summed E-state index contributed by atoms with van der Waals surface area (Å²) in [6.45, 7) is 2.86. The van der Waals surface area contributed by atoms with Crippen LogP contribution in [0.1, 0.15) is 108 Å². The number of para-hydroxylation sites is 2. The van der Waals surface area contributed by atoms with Crippen molar-refractivity contribution in [2.24, 2.45) is 11.5 Å². The van der Waals surface area contributed by atoms with Crippen LogP contribution in [0.4, 0.5) is 0 Å². The molecule has 36 nitrogen and oxygen atoms in total. The second kappa shape index (κ2) is 40.1. The van der Waals surface area contributed by atoms with E-state index in [-0.39, 0.29) is 25.8 Å². The van der Waals surface area contributed by atoms with Gasteiger partial charge < -0.3 is 105 Å². The molecule has 3 aromatic carbocycles. The maximum atomic E-state index is 15.4. The number of nitrogens with two attached hydrogens (primary N) is 2. The van der Waals surface area contributed by atoms with Gasteiger partial charge in [-0.3, -0.25) is 71.9 Å². The minimum absolute atomic E-state index is 0.0329. The number of carboxylic acid groups (broad SMARTS) is 3. The van der Waals surface area contributed by atoms with Gasteiger partial charge in [-0.25, -0.2) is 4.79 Å². The number of esters is 1. The van der Waals surface area contributed by atoms with Crippen molar-refractivity contribution in [3.8, 4) is 0 Å². The lowest BCUT2D eigenvalue weighted by Gasteiger charge is -2.30. The van der Waals surface area contributed by atoms with Gasteiger partial charge in [0.15, 0.2) is 0 Å². The number of amides is 12. The van der Waals surface area contributed by atoms with E-state index in [0.717, 1.165) is 13.8 Å². The number of H-pyrrole nitrogens is 2. The molecule has 21 N–H and O–H groups in total. The molecule has 0 aliphatic carbocycles. The number of rotatable bonds is 26. The molecule has 1 saturated heterocycles. The number of nitrogens with one attached hydrogen (secondary N) is 13. The van der Waals surface area contributed by atoms with Crippen LogP contribution >= 0.6 is 0 Å². The van der Waals surface area contributed by atoms with E-state index in [0.29, 0.717) is 57.8 Å². The molecule has 1 aliphatic rings. The Morgan fingerprint density at radius 1 is 0.495 bits per heavy atom. The fraction of sp³-hybridized carbons (Fsp3) is 0.449. The summed E-state index contributed by atoms with van der Waals surface area (Å²) in [5.74, 6) is -21.0. The van der Waals surface area contributed by atoms with Crippen LogP contribution in [0.2, 0.25) is 0 Å². The number of aromatic amines is 2. The van der Waals surface area contributed by atoms with Crippen molar-refractivity contribution in [1.29, 1.82) is 0 Å². The van der Waals surface area contributed by atoms with E-state index in [1.54, 1.807) is 66.7 Å². The van der Waals surface area contributed by atoms with Crippen LogP contribution in [0.3, 0.4) is 0 Å². The third-order valence-electron chi connectivity index (χ3n) is 17.0. The molecule has 12 amide bonds. The van der Waals surface area contributed by atoms with E-state index in [1.807, 2.05) is 6.92 Å². The van der Waals surface area contributed by atoms with Crippen LogP contribution in [0, 0.1) is 0 Å². The molecule has 0 radical (unpaired) electrons. The largest absolute Gasteiger partial charge is 0.481 e. The molecule has 566 valence electrons. The van der Waals surface area contributed by atoms with E-state index < -0.39 is 225 Å². The van der Waals surface area contributed by atoms with Crippen molar-refractivity contribution < 1.29 is 102 Å². The van der Waals surface area contributed by atoms with Crippen LogP contribution in [-0.2, 0) is 101 Å². The number of aliphatic carboxylic acids is 3. The SMILES string of the molecule is CCCCCC(=O)N[C@@H](CO)C(=O)NC1C(=O)NC(Cc2c[nH]c3ccccc23)C(=O)N[C@@H](CCCN)C(=O)NC(CC(=O)O)C(=O)N[C@H](Cc2ccccc2)C(=O)N[C@@H](CC(=O)O)C(=O)N[C@@H](C)C(=O)N[C@H](CC(N)=O)C(=O)NC(CCC(=O)O)C(=O)N[C@@H](Cc2c[nH]c3ccccc23)C(=O)OC1C. The lowest BCUT2D eigenvalue weighted by molar-refractivity contribution is -0.156. The van der Waals surface area contributed by atoms with Gasteiger partial charge in [-0.15, -0.1) is 0 Å². The van der Waals surface area contributed by atoms with E-state index in [4.69, 9.17) is 16.2 Å². The van der Waals surface area contributed by atoms with Gasteiger partial charge in [-0.1, -0.05) is 86.5 Å². The summed E-state index contributed by atoms with van der Waals surface area (Å²) in [5.41, 5.74) is 13.5. The summed E-state index contributed by atoms with van der Waals surface area (Å²) in [7, 11) is 0. The summed E-state index contributed by atoms with van der Waals surface area (Å²) < 4.78 is 5.98. The highest BCUT2D eigenvalue weighted by molar-refractivity contribution is 6.02. The monoisotopic (exact) mass is 1460 g/mol. The number of carbonyl (C=O) groups excluding carboxylic acids is 13. The van der Waals surface area contributed by atoms with Gasteiger partial charge in [-0.2, -0.15) is 0 Å². The standard InChI is InChI=1S/C69H89N15O21/c1-4-5-7-22-54(87)75-52(34-85)67(102)84-58-36(3)105-69(104)51(28-39-33-73-43-20-13-11-18-41(39)43)83-61(96)45(23-24-55(88)89)77-65(100)48(29-53(71)86)78-59(94)35(2)74-62(97)49(30-56(90)91)81-63(98)46(26-37-15-8-6-9-16-37)79-66(101)50(31-57(92)93)80-60(95)44(21-14-25-70)76-64(99)47(82-68(58)103)27-38-32-72-42-19-12-10-17-40(38)42/h6,8-13,15-20,32-33,35-36,44-52,58,72-73,85H,4-5,7,14,21-31,34,70H2,1-3H3,(H2,71,86)(H,74,97)(H,75,87)(H,76,99)(H,77,100)(H,78,94)(H,79,101)(H,80,95)(H,81,98)(H,82,103)(H,83,96)(H,84,102)(H,88,89)(H,90,91)(H,92,93)/t35-,36?,44-,45?,46+,47?,48+,49-,50?,51-,52-,58?/m0/s1. The molecule has 6 rings (SSSR count). The van der Waals surface area contributed by atoms with E-state index >= 15 is 14.4 Å². The Kier molecular flexibility index (Phi) is 31.4. The fourth-order valence-corrected chi connectivity index (χ4v) is 11.4. The lowest BCUT2D eigenvalue weighted by Crippen LogP contribution is -2.62. The molecule has 1 fully saturated rings. The van der Waals surface area contributed by atoms with E-state index in [9.17, 15) is 82.8 Å². The Bertz CT molecular complexity index is 3980. The average Bonchev–Trinajstić information content (AvgIpc) is 1.75. The predicted molar refractivity (Wildman–Crippen MR) is 371 cm³/mol. The molecule has 36 heteroatoms. The molecule has 5 unspecified atom stereocenters. The lowest BCUT2D eigenvalue weighted by atomic mass is 10.0. The number of hydrogen-bond donors (Lipinski definition) is 19. The van der Waals surface area contributed by atoms with Gasteiger partial charge >= 0.3 is 23.9 Å². The highest BCUT2D eigenvalue weighted by Crippen LogP contribution is 2.23. The summed E-state index contributed by atoms with van der Waals surface area (Å²) in [5, 5.41) is 67.5. The summed E-state index contributed by atoms with van der Waals surface area (Å²) in [6, 6.07) is -0.0469. The van der Waals surface area contributed by atoms with Crippen molar-refractivity contribution in [3.63, 3.8) is 0 Å². The Morgan fingerprint density at radius 3 is 1.47 bits per heavy atom. The van der Waals surface area contributed by atoms with E-state index in [2.05, 4.69) is 68.5 Å². The molecule has 105 heavy (non-hydrogen) atoms. The summed E-state index contributed by atoms with van der Waals surface area (Å²) in [6.07, 6.45) is -4.01. The minimum Gasteiger partial charge on any atom is -0.481 e. The molecule has 2 aromatic heterocycles. The molecule has 0 bridgehead atoms. The van der Waals surface area contributed by atoms with Gasteiger partial charge in [0.1, 0.15) is 72.6 Å². The number of primary amides is 1. The number of fused-ring (bicyclic) bond motifs is 2. The maximum absolute atomic E-state index is 15.4. The number of carbonyl (C=O) groups is 16. The first kappa shape index (κ1) is 82.1. The molecular formula is C69H89N15O21. The van der Waals surface area contributed by atoms with Crippen molar-refractivity contribution in [2.45, 2.75) is 183 Å². The van der Waals surface area contributed by atoms with Gasteiger partial charge in [0.05, 0.1) is 25.9 Å². The third kappa shape index (κ3) is 25.3. The normalized spacial score (nSPS) is 22.8. The van der Waals surface area contributed by atoms with Crippen LogP contribution in [0.5, 0.6) is 0 Å². The zero-order valence-corrected chi connectivity index (χ0v) is 57.8. The molecular weight excluding hydrogens is 1370 g/mol.